The van der Waals surface area contributed by atoms with E-state index in [1.54, 1.807) is 24.3 Å². The Bertz CT molecular complexity index is 1100. The van der Waals surface area contributed by atoms with Gasteiger partial charge in [-0.1, -0.05) is 19.1 Å². The van der Waals surface area contributed by atoms with Crippen LogP contribution in [0, 0.1) is 0 Å². The van der Waals surface area contributed by atoms with Crippen molar-refractivity contribution in [3.63, 3.8) is 0 Å². The lowest BCUT2D eigenvalue weighted by atomic mass is 10.2. The number of carboxylic acids is 1. The molecule has 146 valence electrons. The Balaban J connectivity index is 1.96. The standard InChI is InChI=1S/C19H19N3O5S/c1-3-14-21-17-16(11(10-28-17)19(25)26)18(24)22(14)9-15(23)20-12-7-5-6-8-13(12)27-4-2/h5-8,10H,3-4,9H2,1-2H3,(H,20,23)(H,25,26). The van der Waals surface area contributed by atoms with E-state index in [0.717, 1.165) is 11.3 Å². The number of aryl methyl sites for hydroxylation is 1. The van der Waals surface area contributed by atoms with Crippen LogP contribution in [-0.4, -0.2) is 33.1 Å². The fraction of sp³-hybridized carbons (Fsp3) is 0.263. The molecular formula is C19H19N3O5S. The average Bonchev–Trinajstić information content (AvgIpc) is 3.10. The van der Waals surface area contributed by atoms with Crippen LogP contribution in [0.3, 0.4) is 0 Å². The van der Waals surface area contributed by atoms with Crippen molar-refractivity contribution in [1.29, 1.82) is 0 Å². The van der Waals surface area contributed by atoms with Gasteiger partial charge in [-0.15, -0.1) is 11.3 Å². The van der Waals surface area contributed by atoms with E-state index in [0.29, 0.717) is 35.1 Å². The summed E-state index contributed by atoms with van der Waals surface area (Å²) >= 11 is 1.10. The smallest absolute Gasteiger partial charge is 0.337 e. The van der Waals surface area contributed by atoms with Gasteiger partial charge in [0.05, 0.1) is 23.2 Å². The Hall–Kier alpha value is -3.20. The summed E-state index contributed by atoms with van der Waals surface area (Å²) < 4.78 is 6.71. The van der Waals surface area contributed by atoms with Crippen LogP contribution >= 0.6 is 11.3 Å². The molecule has 3 rings (SSSR count). The molecular weight excluding hydrogens is 382 g/mol. The summed E-state index contributed by atoms with van der Waals surface area (Å²) in [7, 11) is 0. The van der Waals surface area contributed by atoms with Crippen LogP contribution in [0.25, 0.3) is 10.2 Å². The van der Waals surface area contributed by atoms with Crippen molar-refractivity contribution in [3.8, 4) is 5.75 Å². The van der Waals surface area contributed by atoms with Gasteiger partial charge >= 0.3 is 5.97 Å². The van der Waals surface area contributed by atoms with Gasteiger partial charge in [0, 0.05) is 11.8 Å². The summed E-state index contributed by atoms with van der Waals surface area (Å²) in [5.41, 5.74) is -0.138. The number of thiophene rings is 1. The van der Waals surface area contributed by atoms with E-state index in [-0.39, 0.29) is 17.5 Å². The first-order valence-electron chi connectivity index (χ1n) is 8.72. The van der Waals surface area contributed by atoms with Gasteiger partial charge in [-0.2, -0.15) is 0 Å². The zero-order valence-electron chi connectivity index (χ0n) is 15.4. The van der Waals surface area contributed by atoms with Gasteiger partial charge in [0.2, 0.25) is 5.91 Å². The first kappa shape index (κ1) is 19.6. The summed E-state index contributed by atoms with van der Waals surface area (Å²) in [5, 5.41) is 13.5. The van der Waals surface area contributed by atoms with Crippen molar-refractivity contribution >= 4 is 39.1 Å². The fourth-order valence-corrected chi connectivity index (χ4v) is 3.76. The number of hydrogen-bond donors (Lipinski definition) is 2. The molecule has 0 saturated carbocycles. The first-order chi connectivity index (χ1) is 13.5. The van der Waals surface area contributed by atoms with Gasteiger partial charge in [-0.3, -0.25) is 14.2 Å². The normalized spacial score (nSPS) is 10.8. The van der Waals surface area contributed by atoms with Crippen LogP contribution in [-0.2, 0) is 17.8 Å². The van der Waals surface area contributed by atoms with E-state index in [4.69, 9.17) is 4.74 Å². The molecule has 0 spiro atoms. The number of nitrogens with one attached hydrogen (secondary N) is 1. The molecule has 28 heavy (non-hydrogen) atoms. The lowest BCUT2D eigenvalue weighted by molar-refractivity contribution is -0.116. The number of carbonyl (C=O) groups is 2. The highest BCUT2D eigenvalue weighted by atomic mass is 32.1. The van der Waals surface area contributed by atoms with Crippen LogP contribution in [0.1, 0.15) is 30.0 Å². The highest BCUT2D eigenvalue weighted by molar-refractivity contribution is 7.17. The number of carboxylic acid groups (broad SMARTS) is 1. The molecule has 0 bridgehead atoms. The van der Waals surface area contributed by atoms with Gasteiger partial charge in [-0.05, 0) is 19.1 Å². The maximum Gasteiger partial charge on any atom is 0.337 e. The summed E-state index contributed by atoms with van der Waals surface area (Å²) in [6.07, 6.45) is 0.425. The minimum absolute atomic E-state index is 0.0252. The van der Waals surface area contributed by atoms with Gasteiger partial charge < -0.3 is 15.2 Å². The Kier molecular flexibility index (Phi) is 5.74. The molecule has 0 aliphatic carbocycles. The molecule has 1 aromatic carbocycles. The maximum absolute atomic E-state index is 12.9. The van der Waals surface area contributed by atoms with Crippen LogP contribution in [0.15, 0.2) is 34.4 Å². The second-order valence-electron chi connectivity index (χ2n) is 5.88. The maximum atomic E-state index is 12.9. The number of amides is 1. The number of fused-ring (bicyclic) bond motifs is 1. The van der Waals surface area contributed by atoms with E-state index in [9.17, 15) is 19.5 Å². The zero-order valence-corrected chi connectivity index (χ0v) is 16.2. The fourth-order valence-electron chi connectivity index (χ4n) is 2.84. The highest BCUT2D eigenvalue weighted by Crippen LogP contribution is 2.24. The highest BCUT2D eigenvalue weighted by Gasteiger charge is 2.20. The second-order valence-corrected chi connectivity index (χ2v) is 6.74. The van der Waals surface area contributed by atoms with E-state index < -0.39 is 17.4 Å². The lowest BCUT2D eigenvalue weighted by Crippen LogP contribution is -2.31. The molecule has 0 unspecified atom stereocenters. The Morgan fingerprint density at radius 3 is 2.71 bits per heavy atom. The van der Waals surface area contributed by atoms with Crippen molar-refractivity contribution in [2.45, 2.75) is 26.8 Å². The quantitative estimate of drug-likeness (QED) is 0.630. The Labute approximate surface area is 164 Å². The number of para-hydroxylation sites is 2. The van der Waals surface area contributed by atoms with Gasteiger partial charge in [0.15, 0.2) is 0 Å². The topological polar surface area (TPSA) is 111 Å². The van der Waals surface area contributed by atoms with Crippen LogP contribution in [0.4, 0.5) is 5.69 Å². The molecule has 2 N–H and O–H groups in total. The van der Waals surface area contributed by atoms with Crippen molar-refractivity contribution in [3.05, 3.63) is 51.4 Å². The minimum atomic E-state index is -1.20. The zero-order chi connectivity index (χ0) is 20.3. The predicted molar refractivity (Wildman–Crippen MR) is 106 cm³/mol. The van der Waals surface area contributed by atoms with Crippen LogP contribution in [0.2, 0.25) is 0 Å². The third-order valence-corrected chi connectivity index (χ3v) is 4.95. The molecule has 0 fully saturated rings. The summed E-state index contributed by atoms with van der Waals surface area (Å²) in [5.74, 6) is -0.682. The number of carbonyl (C=O) groups excluding carboxylic acids is 1. The number of hydrogen-bond acceptors (Lipinski definition) is 6. The molecule has 9 heteroatoms. The van der Waals surface area contributed by atoms with Gasteiger partial charge in [0.1, 0.15) is 22.9 Å². The Morgan fingerprint density at radius 2 is 2.04 bits per heavy atom. The third-order valence-electron chi connectivity index (χ3n) is 4.08. The first-order valence-corrected chi connectivity index (χ1v) is 9.60. The van der Waals surface area contributed by atoms with Crippen molar-refractivity contribution in [2.75, 3.05) is 11.9 Å². The molecule has 2 heterocycles. The number of ether oxygens (including phenoxy) is 1. The van der Waals surface area contributed by atoms with Crippen LogP contribution < -0.4 is 15.6 Å². The number of aromatic carboxylic acids is 1. The van der Waals surface area contributed by atoms with Crippen molar-refractivity contribution in [2.24, 2.45) is 0 Å². The van der Waals surface area contributed by atoms with Gasteiger partial charge in [-0.25, -0.2) is 9.78 Å². The average molecular weight is 401 g/mol. The summed E-state index contributed by atoms with van der Waals surface area (Å²) in [6.45, 7) is 3.83. The largest absolute Gasteiger partial charge is 0.492 e. The molecule has 0 aliphatic heterocycles. The van der Waals surface area contributed by atoms with Crippen LogP contribution in [0.5, 0.6) is 5.75 Å². The van der Waals surface area contributed by atoms with Crippen molar-refractivity contribution < 1.29 is 19.4 Å². The number of anilines is 1. The summed E-state index contributed by atoms with van der Waals surface area (Å²) in [6, 6.07) is 7.00. The molecule has 2 aromatic heterocycles. The summed E-state index contributed by atoms with van der Waals surface area (Å²) in [4.78, 5) is 41.6. The number of nitrogens with zero attached hydrogens (tertiary/aromatic N) is 2. The molecule has 0 aliphatic rings. The number of benzene rings is 1. The monoisotopic (exact) mass is 401 g/mol. The van der Waals surface area contributed by atoms with Crippen molar-refractivity contribution in [1.82, 2.24) is 9.55 Å². The molecule has 0 saturated heterocycles. The van der Waals surface area contributed by atoms with Gasteiger partial charge in [0.25, 0.3) is 5.56 Å². The van der Waals surface area contributed by atoms with E-state index >= 15 is 0 Å². The lowest BCUT2D eigenvalue weighted by Gasteiger charge is -2.14. The minimum Gasteiger partial charge on any atom is -0.492 e. The molecule has 8 nitrogen and oxygen atoms in total. The van der Waals surface area contributed by atoms with E-state index in [1.807, 2.05) is 13.8 Å². The molecule has 0 atom stereocenters. The van der Waals surface area contributed by atoms with E-state index in [2.05, 4.69) is 10.3 Å². The molecule has 1 amide bonds. The number of rotatable bonds is 7. The molecule has 3 aromatic rings. The SMILES string of the molecule is CCOc1ccccc1NC(=O)Cn1c(CC)nc2scc(C(=O)O)c2c1=O. The Morgan fingerprint density at radius 1 is 1.29 bits per heavy atom. The molecule has 0 radical (unpaired) electrons. The second kappa shape index (κ2) is 8.22. The third kappa shape index (κ3) is 3.74. The number of aromatic nitrogens is 2. The van der Waals surface area contributed by atoms with E-state index in [1.165, 1.54) is 9.95 Å². The predicted octanol–water partition coefficient (Wildman–Crippen LogP) is 2.76.